The topological polar surface area (TPSA) is 47.4 Å². The van der Waals surface area contributed by atoms with Gasteiger partial charge in [0.1, 0.15) is 11.6 Å². The van der Waals surface area contributed by atoms with Crippen molar-refractivity contribution in [3.63, 3.8) is 0 Å². The molecule has 0 bridgehead atoms. The highest BCUT2D eigenvalue weighted by atomic mass is 19.1. The zero-order valence-electron chi connectivity index (χ0n) is 22.3. The minimum atomic E-state index is -0.589. The van der Waals surface area contributed by atoms with E-state index in [1.54, 1.807) is 13.2 Å². The molecule has 1 saturated heterocycles. The number of carbonyl (C=O) groups excluding carboxylic acids is 1. The number of hydrogen-bond acceptors (Lipinski definition) is 3. The molecule has 6 heteroatoms. The molecule has 4 aromatic rings. The molecule has 1 aliphatic rings. The first-order chi connectivity index (χ1) is 17.7. The highest BCUT2D eigenvalue weighted by Crippen LogP contribution is 2.41. The van der Waals surface area contributed by atoms with E-state index in [1.165, 1.54) is 23.3 Å². The standard InChI is InChI=1S/C31H34FN3O2/c1-20-10-11-25(23-8-6-9-24(32)19-23)26(16-20)29(36)35-13-7-12-31(35,4)30-33-27-17-21(2)22(3)18-28(27)34(30)14-15-37-5/h6,8-11,16-19H,7,12-15H2,1-5H3. The average Bonchev–Trinajstić information content (AvgIpc) is 3.43. The van der Waals surface area contributed by atoms with Gasteiger partial charge in [-0.2, -0.15) is 0 Å². The first-order valence-electron chi connectivity index (χ1n) is 12.9. The molecule has 0 saturated carbocycles. The molecule has 192 valence electrons. The fraction of sp³-hybridized carbons (Fsp3) is 0.355. The maximum atomic E-state index is 14.3. The number of hydrogen-bond donors (Lipinski definition) is 0. The molecule has 1 unspecified atom stereocenters. The third kappa shape index (κ3) is 4.44. The maximum Gasteiger partial charge on any atom is 0.255 e. The second-order valence-corrected chi connectivity index (χ2v) is 10.4. The predicted molar refractivity (Wildman–Crippen MR) is 145 cm³/mol. The Balaban J connectivity index is 1.63. The van der Waals surface area contributed by atoms with Gasteiger partial charge in [0.25, 0.3) is 5.91 Å². The van der Waals surface area contributed by atoms with Crippen molar-refractivity contribution in [3.05, 3.63) is 88.5 Å². The van der Waals surface area contributed by atoms with Gasteiger partial charge < -0.3 is 14.2 Å². The Hall–Kier alpha value is -3.51. The van der Waals surface area contributed by atoms with Crippen LogP contribution in [0.5, 0.6) is 0 Å². The van der Waals surface area contributed by atoms with Crippen LogP contribution in [0.4, 0.5) is 4.39 Å². The summed E-state index contributed by atoms with van der Waals surface area (Å²) in [7, 11) is 1.70. The summed E-state index contributed by atoms with van der Waals surface area (Å²) < 4.78 is 21.8. The van der Waals surface area contributed by atoms with Gasteiger partial charge in [0.2, 0.25) is 0 Å². The van der Waals surface area contributed by atoms with E-state index >= 15 is 0 Å². The van der Waals surface area contributed by atoms with E-state index in [4.69, 9.17) is 9.72 Å². The van der Waals surface area contributed by atoms with Gasteiger partial charge in [-0.1, -0.05) is 29.8 Å². The fourth-order valence-electron chi connectivity index (χ4n) is 5.61. The van der Waals surface area contributed by atoms with Crippen molar-refractivity contribution in [1.29, 1.82) is 0 Å². The summed E-state index contributed by atoms with van der Waals surface area (Å²) >= 11 is 0. The van der Waals surface area contributed by atoms with Gasteiger partial charge >= 0.3 is 0 Å². The second-order valence-electron chi connectivity index (χ2n) is 10.4. The van der Waals surface area contributed by atoms with Crippen molar-refractivity contribution in [2.75, 3.05) is 20.3 Å². The molecule has 1 fully saturated rings. The number of rotatable bonds is 6. The number of carbonyl (C=O) groups is 1. The van der Waals surface area contributed by atoms with Gasteiger partial charge in [-0.25, -0.2) is 9.37 Å². The van der Waals surface area contributed by atoms with Crippen molar-refractivity contribution in [2.24, 2.45) is 0 Å². The molecule has 37 heavy (non-hydrogen) atoms. The van der Waals surface area contributed by atoms with Crippen LogP contribution < -0.4 is 0 Å². The number of halogens is 1. The van der Waals surface area contributed by atoms with Gasteiger partial charge in [0.05, 0.1) is 23.2 Å². The summed E-state index contributed by atoms with van der Waals surface area (Å²) in [5.41, 5.74) is 6.83. The lowest BCUT2D eigenvalue weighted by atomic mass is 9.93. The molecule has 1 aromatic heterocycles. The number of imidazole rings is 1. The summed E-state index contributed by atoms with van der Waals surface area (Å²) in [6.45, 7) is 10.2. The molecule has 0 aliphatic carbocycles. The lowest BCUT2D eigenvalue weighted by Crippen LogP contribution is -2.45. The largest absolute Gasteiger partial charge is 0.383 e. The zero-order valence-corrected chi connectivity index (χ0v) is 22.3. The van der Waals surface area contributed by atoms with Gasteiger partial charge in [-0.3, -0.25) is 4.79 Å². The van der Waals surface area contributed by atoms with E-state index in [0.717, 1.165) is 40.8 Å². The molecular weight excluding hydrogens is 465 g/mol. The minimum absolute atomic E-state index is 0.0549. The Bertz CT molecular complexity index is 1490. The lowest BCUT2D eigenvalue weighted by molar-refractivity contribution is 0.0596. The molecule has 1 atom stereocenters. The quantitative estimate of drug-likeness (QED) is 0.302. The van der Waals surface area contributed by atoms with Crippen LogP contribution in [0.25, 0.3) is 22.2 Å². The van der Waals surface area contributed by atoms with E-state index in [9.17, 15) is 9.18 Å². The van der Waals surface area contributed by atoms with Crippen LogP contribution in [0.3, 0.4) is 0 Å². The van der Waals surface area contributed by atoms with E-state index in [0.29, 0.717) is 30.8 Å². The Kier molecular flexibility index (Phi) is 6.63. The number of methoxy groups -OCH3 is 1. The second kappa shape index (κ2) is 9.75. The monoisotopic (exact) mass is 499 g/mol. The normalized spacial score (nSPS) is 17.6. The summed E-state index contributed by atoms with van der Waals surface area (Å²) in [6.07, 6.45) is 1.70. The molecule has 0 spiro atoms. The first kappa shape index (κ1) is 25.2. The van der Waals surface area contributed by atoms with Crippen LogP contribution >= 0.6 is 0 Å². The van der Waals surface area contributed by atoms with Crippen LogP contribution in [-0.4, -0.2) is 40.6 Å². The number of amides is 1. The van der Waals surface area contributed by atoms with Crippen molar-refractivity contribution in [2.45, 2.75) is 52.6 Å². The van der Waals surface area contributed by atoms with E-state index in [-0.39, 0.29) is 11.7 Å². The van der Waals surface area contributed by atoms with Crippen LogP contribution in [0.1, 0.15) is 52.6 Å². The van der Waals surface area contributed by atoms with E-state index < -0.39 is 5.54 Å². The Morgan fingerprint density at radius 3 is 2.62 bits per heavy atom. The molecule has 5 rings (SSSR count). The van der Waals surface area contributed by atoms with Crippen molar-refractivity contribution < 1.29 is 13.9 Å². The molecule has 2 heterocycles. The Morgan fingerprint density at radius 1 is 1.08 bits per heavy atom. The Morgan fingerprint density at radius 2 is 1.86 bits per heavy atom. The summed E-state index contributed by atoms with van der Waals surface area (Å²) in [5, 5.41) is 0. The molecule has 1 amide bonds. The van der Waals surface area contributed by atoms with Crippen molar-refractivity contribution in [3.8, 4) is 11.1 Å². The van der Waals surface area contributed by atoms with Crippen LogP contribution in [0, 0.1) is 26.6 Å². The maximum absolute atomic E-state index is 14.3. The summed E-state index contributed by atoms with van der Waals surface area (Å²) in [4.78, 5) is 21.4. The molecular formula is C31H34FN3O2. The predicted octanol–water partition coefficient (Wildman–Crippen LogP) is 6.57. The highest BCUT2D eigenvalue weighted by molar-refractivity contribution is 6.01. The van der Waals surface area contributed by atoms with Crippen LogP contribution in [0.15, 0.2) is 54.6 Å². The first-order valence-corrected chi connectivity index (χ1v) is 12.9. The number of ether oxygens (including phenoxy) is 1. The molecule has 1 aliphatic heterocycles. The lowest BCUT2D eigenvalue weighted by Gasteiger charge is -2.35. The van der Waals surface area contributed by atoms with Gasteiger partial charge in [-0.05, 0) is 93.1 Å². The number of fused-ring (bicyclic) bond motifs is 1. The number of aryl methyl sites for hydroxylation is 3. The number of nitrogens with zero attached hydrogens (tertiary/aromatic N) is 3. The van der Waals surface area contributed by atoms with Gasteiger partial charge in [0, 0.05) is 25.8 Å². The third-order valence-electron chi connectivity index (χ3n) is 7.79. The molecule has 0 N–H and O–H groups in total. The van der Waals surface area contributed by atoms with Gasteiger partial charge in [0.15, 0.2) is 0 Å². The number of benzene rings is 3. The van der Waals surface area contributed by atoms with Crippen LogP contribution in [0.2, 0.25) is 0 Å². The average molecular weight is 500 g/mol. The van der Waals surface area contributed by atoms with Gasteiger partial charge in [-0.15, -0.1) is 0 Å². The number of likely N-dealkylation sites (tertiary alicyclic amines) is 1. The number of aromatic nitrogens is 2. The molecule has 3 aromatic carbocycles. The zero-order chi connectivity index (χ0) is 26.3. The highest BCUT2D eigenvalue weighted by Gasteiger charge is 2.45. The summed E-state index contributed by atoms with van der Waals surface area (Å²) in [6, 6.07) is 16.6. The van der Waals surface area contributed by atoms with Crippen molar-refractivity contribution in [1.82, 2.24) is 14.5 Å². The third-order valence-corrected chi connectivity index (χ3v) is 7.79. The Labute approximate surface area is 217 Å². The minimum Gasteiger partial charge on any atom is -0.383 e. The molecule has 0 radical (unpaired) electrons. The molecule has 5 nitrogen and oxygen atoms in total. The van der Waals surface area contributed by atoms with E-state index in [2.05, 4.69) is 37.5 Å². The SMILES string of the molecule is COCCn1c(C2(C)CCCN2C(=O)c2cc(C)ccc2-c2cccc(F)c2)nc2cc(C)c(C)cc21. The van der Waals surface area contributed by atoms with Crippen LogP contribution in [-0.2, 0) is 16.8 Å². The smallest absolute Gasteiger partial charge is 0.255 e. The van der Waals surface area contributed by atoms with E-state index in [1.807, 2.05) is 36.1 Å². The summed E-state index contributed by atoms with van der Waals surface area (Å²) in [5.74, 6) is 0.510. The van der Waals surface area contributed by atoms with Crippen molar-refractivity contribution >= 4 is 16.9 Å². The fourth-order valence-corrected chi connectivity index (χ4v) is 5.61.